The average Bonchev–Trinajstić information content (AvgIpc) is 2.66. The summed E-state index contributed by atoms with van der Waals surface area (Å²) in [6.45, 7) is 4.92. The van der Waals surface area contributed by atoms with Crippen molar-refractivity contribution in [3.05, 3.63) is 28.2 Å². The van der Waals surface area contributed by atoms with Gasteiger partial charge in [0.05, 0.1) is 16.9 Å². The van der Waals surface area contributed by atoms with Gasteiger partial charge in [-0.1, -0.05) is 34.2 Å². The molecule has 1 aromatic carbocycles. The van der Waals surface area contributed by atoms with Crippen LogP contribution in [0.3, 0.4) is 0 Å². The van der Waals surface area contributed by atoms with Gasteiger partial charge < -0.3 is 9.47 Å². The van der Waals surface area contributed by atoms with E-state index in [2.05, 4.69) is 20.7 Å². The zero-order valence-electron chi connectivity index (χ0n) is 16.6. The van der Waals surface area contributed by atoms with Crippen molar-refractivity contribution >= 4 is 50.4 Å². The summed E-state index contributed by atoms with van der Waals surface area (Å²) in [7, 11) is 0. The molecule has 4 nitrogen and oxygen atoms in total. The number of alkyl halides is 2. The van der Waals surface area contributed by atoms with Crippen LogP contribution in [-0.4, -0.2) is 34.9 Å². The van der Waals surface area contributed by atoms with Crippen LogP contribution in [0.25, 0.3) is 0 Å². The lowest BCUT2D eigenvalue weighted by Gasteiger charge is -2.36. The average molecular weight is 511 g/mol. The molecule has 1 aliphatic carbocycles. The number of ether oxygens (including phenoxy) is 2. The van der Waals surface area contributed by atoms with E-state index in [9.17, 15) is 13.6 Å². The van der Waals surface area contributed by atoms with E-state index in [0.717, 1.165) is 15.8 Å². The molecule has 0 amide bonds. The van der Waals surface area contributed by atoms with Crippen molar-refractivity contribution in [3.63, 3.8) is 0 Å². The quantitative estimate of drug-likeness (QED) is 0.233. The Balaban J connectivity index is 2.05. The molecular formula is C20H25BrF2O4S2. The fourth-order valence-corrected chi connectivity index (χ4v) is 4.29. The molecule has 162 valence electrons. The summed E-state index contributed by atoms with van der Waals surface area (Å²) in [5.74, 6) is -5.03. The van der Waals surface area contributed by atoms with Gasteiger partial charge in [0.25, 0.3) is 0 Å². The smallest absolute Gasteiger partial charge is 0.379 e. The highest BCUT2D eigenvalue weighted by molar-refractivity contribution is 9.10. The number of rotatable bonds is 8. The molecule has 1 atom stereocenters. The summed E-state index contributed by atoms with van der Waals surface area (Å²) in [5.41, 5.74) is 0.998. The maximum Gasteiger partial charge on any atom is 0.379 e. The fraction of sp³-hybridized carbons (Fsp3) is 0.600. The predicted molar refractivity (Wildman–Crippen MR) is 118 cm³/mol. The van der Waals surface area contributed by atoms with Crippen LogP contribution < -0.4 is 4.74 Å². The summed E-state index contributed by atoms with van der Waals surface area (Å²) >= 11 is 9.11. The van der Waals surface area contributed by atoms with E-state index in [1.807, 2.05) is 25.1 Å². The minimum atomic E-state index is -3.74. The van der Waals surface area contributed by atoms with E-state index in [4.69, 9.17) is 21.1 Å². The molecule has 0 heterocycles. The Morgan fingerprint density at radius 3 is 2.59 bits per heavy atom. The Labute approximate surface area is 188 Å². The minimum absolute atomic E-state index is 0.0731. The van der Waals surface area contributed by atoms with Crippen LogP contribution in [0.2, 0.25) is 0 Å². The second-order valence-electron chi connectivity index (χ2n) is 6.95. The molecular weight excluding hydrogens is 486 g/mol. The summed E-state index contributed by atoms with van der Waals surface area (Å²) in [6.07, 6.45) is 0.421. The van der Waals surface area contributed by atoms with Gasteiger partial charge in [-0.3, -0.25) is 4.18 Å². The summed E-state index contributed by atoms with van der Waals surface area (Å²) in [6, 6.07) is 5.73. The molecule has 0 saturated heterocycles. The van der Waals surface area contributed by atoms with Gasteiger partial charge >= 0.3 is 11.9 Å². The third kappa shape index (κ3) is 6.60. The van der Waals surface area contributed by atoms with Crippen LogP contribution in [0, 0.1) is 12.8 Å². The van der Waals surface area contributed by atoms with Gasteiger partial charge in [0.2, 0.25) is 0 Å². The van der Waals surface area contributed by atoms with Crippen LogP contribution in [0.5, 0.6) is 5.75 Å². The zero-order chi connectivity index (χ0) is 21.6. The molecule has 1 aliphatic rings. The van der Waals surface area contributed by atoms with Crippen molar-refractivity contribution in [1.82, 2.24) is 0 Å². The van der Waals surface area contributed by atoms with Crippen LogP contribution in [-0.2, 0) is 13.7 Å². The first kappa shape index (κ1) is 24.5. The van der Waals surface area contributed by atoms with Crippen LogP contribution in [0.15, 0.2) is 22.7 Å². The Morgan fingerprint density at radius 1 is 1.34 bits per heavy atom. The van der Waals surface area contributed by atoms with Gasteiger partial charge in [0.15, 0.2) is 6.10 Å². The molecule has 1 saturated carbocycles. The molecule has 9 heteroatoms. The van der Waals surface area contributed by atoms with E-state index >= 15 is 0 Å². The van der Waals surface area contributed by atoms with Crippen molar-refractivity contribution in [2.45, 2.75) is 64.6 Å². The van der Waals surface area contributed by atoms with Crippen LogP contribution >= 0.6 is 40.2 Å². The van der Waals surface area contributed by atoms with Gasteiger partial charge in [0, 0.05) is 22.1 Å². The van der Waals surface area contributed by atoms with E-state index < -0.39 is 23.9 Å². The fourth-order valence-electron chi connectivity index (χ4n) is 3.30. The molecule has 0 spiro atoms. The van der Waals surface area contributed by atoms with E-state index in [0.29, 0.717) is 41.9 Å². The second-order valence-corrected chi connectivity index (χ2v) is 9.65. The Hall–Kier alpha value is -0.770. The van der Waals surface area contributed by atoms with E-state index in [-0.39, 0.29) is 12.7 Å². The van der Waals surface area contributed by atoms with Crippen LogP contribution in [0.1, 0.15) is 45.1 Å². The normalized spacial score (nSPS) is 20.8. The molecule has 0 aliphatic heterocycles. The number of thiocarbonyl (C=S) groups is 1. The number of halogens is 3. The number of carbonyl (C=O) groups excluding carboxylic acids is 1. The van der Waals surface area contributed by atoms with Gasteiger partial charge in [-0.2, -0.15) is 8.78 Å². The molecule has 1 unspecified atom stereocenters. The number of esters is 1. The molecule has 29 heavy (non-hydrogen) atoms. The zero-order valence-corrected chi connectivity index (χ0v) is 19.8. The number of carbonyl (C=O) groups is 1. The SMILES string of the molecule is CCOC(=O)C(F)(F)C(OSC(C)=S)C1CCC(Oc2cccc(Br)c2C)CC1. The topological polar surface area (TPSA) is 44.8 Å². The van der Waals surface area contributed by atoms with Gasteiger partial charge in [-0.05, 0) is 64.5 Å². The predicted octanol–water partition coefficient (Wildman–Crippen LogP) is 6.27. The standard InChI is InChI=1S/C20H25BrF2O4S2/c1-4-25-19(24)20(22,23)18(27-29-13(3)28)14-8-10-15(11-9-14)26-17-7-5-6-16(21)12(17)2/h5-7,14-15,18H,4,8-11H2,1-3H3. The highest BCUT2D eigenvalue weighted by atomic mass is 79.9. The van der Waals surface area contributed by atoms with Gasteiger partial charge in [0.1, 0.15) is 5.75 Å². The maximum atomic E-state index is 14.8. The van der Waals surface area contributed by atoms with Crippen molar-refractivity contribution in [1.29, 1.82) is 0 Å². The minimum Gasteiger partial charge on any atom is -0.490 e. The lowest BCUT2D eigenvalue weighted by Crippen LogP contribution is -2.48. The first-order valence-electron chi connectivity index (χ1n) is 9.47. The Bertz CT molecular complexity index is 724. The van der Waals surface area contributed by atoms with E-state index in [1.54, 1.807) is 6.92 Å². The molecule has 0 N–H and O–H groups in total. The first-order valence-corrected chi connectivity index (χ1v) is 11.4. The van der Waals surface area contributed by atoms with Gasteiger partial charge in [-0.15, -0.1) is 0 Å². The highest BCUT2D eigenvalue weighted by Crippen LogP contribution is 2.40. The Morgan fingerprint density at radius 2 is 2.00 bits per heavy atom. The van der Waals surface area contributed by atoms with E-state index in [1.165, 1.54) is 6.92 Å². The lowest BCUT2D eigenvalue weighted by molar-refractivity contribution is -0.190. The van der Waals surface area contributed by atoms with Crippen molar-refractivity contribution < 1.29 is 27.2 Å². The molecule has 0 radical (unpaired) electrons. The molecule has 0 bridgehead atoms. The first-order chi connectivity index (χ1) is 13.7. The van der Waals surface area contributed by atoms with Gasteiger partial charge in [-0.25, -0.2) is 4.79 Å². The summed E-state index contributed by atoms with van der Waals surface area (Å²) in [5, 5.41) is 0. The number of hydrogen-bond donors (Lipinski definition) is 0. The maximum absolute atomic E-state index is 14.8. The van der Waals surface area contributed by atoms with Crippen LogP contribution in [0.4, 0.5) is 8.78 Å². The monoisotopic (exact) mass is 510 g/mol. The number of benzene rings is 1. The third-order valence-electron chi connectivity index (χ3n) is 4.83. The molecule has 1 fully saturated rings. The van der Waals surface area contributed by atoms with Crippen molar-refractivity contribution in [3.8, 4) is 5.75 Å². The lowest BCUT2D eigenvalue weighted by atomic mass is 9.81. The molecule has 1 aromatic rings. The molecule has 2 rings (SSSR count). The summed E-state index contributed by atoms with van der Waals surface area (Å²) < 4.78 is 46.8. The third-order valence-corrected chi connectivity index (χ3v) is 6.43. The second kappa shape index (κ2) is 11.0. The number of hydrogen-bond acceptors (Lipinski definition) is 6. The van der Waals surface area contributed by atoms with Crippen molar-refractivity contribution in [2.24, 2.45) is 5.92 Å². The van der Waals surface area contributed by atoms with Crippen molar-refractivity contribution in [2.75, 3.05) is 6.61 Å². The largest absolute Gasteiger partial charge is 0.490 e. The highest BCUT2D eigenvalue weighted by Gasteiger charge is 2.54. The Kier molecular flexibility index (Phi) is 9.31. The summed E-state index contributed by atoms with van der Waals surface area (Å²) in [4.78, 5) is 11.8. The molecule has 0 aromatic heterocycles.